The van der Waals surface area contributed by atoms with Gasteiger partial charge in [-0.3, -0.25) is 9.78 Å². The van der Waals surface area contributed by atoms with Crippen LogP contribution in [0.1, 0.15) is 30.3 Å². The molecule has 4 rings (SSSR count). The fourth-order valence-corrected chi connectivity index (χ4v) is 3.93. The zero-order valence-electron chi connectivity index (χ0n) is 15.7. The second kappa shape index (κ2) is 7.44. The van der Waals surface area contributed by atoms with Crippen molar-refractivity contribution in [2.24, 2.45) is 7.05 Å². The molecule has 1 amide bonds. The van der Waals surface area contributed by atoms with Gasteiger partial charge in [-0.2, -0.15) is 0 Å². The first-order valence-electron chi connectivity index (χ1n) is 9.03. The summed E-state index contributed by atoms with van der Waals surface area (Å²) in [6.07, 6.45) is 5.94. The molecule has 2 aromatic heterocycles. The van der Waals surface area contributed by atoms with Crippen LogP contribution in [0, 0.1) is 0 Å². The molecule has 3 heterocycles. The lowest BCUT2D eigenvalue weighted by Crippen LogP contribution is -2.29. The summed E-state index contributed by atoms with van der Waals surface area (Å²) in [5, 5.41) is 6.88. The number of rotatable bonds is 4. The van der Waals surface area contributed by atoms with Crippen molar-refractivity contribution >= 4 is 34.6 Å². The number of pyridine rings is 1. The highest BCUT2D eigenvalue weighted by atomic mass is 32.1. The Morgan fingerprint density at radius 2 is 1.96 bits per heavy atom. The molecule has 1 aliphatic rings. The lowest BCUT2D eigenvalue weighted by atomic mass is 9.98. The van der Waals surface area contributed by atoms with E-state index in [1.807, 2.05) is 60.3 Å². The predicted octanol–water partition coefficient (Wildman–Crippen LogP) is 3.56. The van der Waals surface area contributed by atoms with Crippen LogP contribution >= 0.6 is 12.2 Å². The number of aryl methyl sites for hydroxylation is 1. The van der Waals surface area contributed by atoms with Crippen LogP contribution in [0.15, 0.2) is 67.1 Å². The molecule has 0 saturated carbocycles. The number of aromatic nitrogens is 2. The third-order valence-electron chi connectivity index (χ3n) is 4.76. The molecule has 142 valence electrons. The number of carbonyl (C=O) groups is 1. The standard InChI is InChI=1S/C21H21N5OS/c1-14(27)23-16-6-8-17(9-7-16)26-20(15-10-12-25(2)13-15)19(24-21(26)28)18-5-3-4-11-22-18/h3-13,19-20H,1-2H3,(H,23,27)(H,24,28)/t19-,20-/m1/s1. The summed E-state index contributed by atoms with van der Waals surface area (Å²) in [5.74, 6) is -0.0940. The Morgan fingerprint density at radius 1 is 1.18 bits per heavy atom. The fourth-order valence-electron chi connectivity index (χ4n) is 3.58. The van der Waals surface area contributed by atoms with E-state index in [1.54, 1.807) is 6.20 Å². The smallest absolute Gasteiger partial charge is 0.221 e. The summed E-state index contributed by atoms with van der Waals surface area (Å²) in [5.41, 5.74) is 3.80. The zero-order chi connectivity index (χ0) is 19.7. The molecule has 7 heteroatoms. The average Bonchev–Trinajstić information content (AvgIpc) is 3.26. The van der Waals surface area contributed by atoms with Gasteiger partial charge in [0.1, 0.15) is 0 Å². The van der Waals surface area contributed by atoms with Gasteiger partial charge < -0.3 is 20.1 Å². The van der Waals surface area contributed by atoms with E-state index >= 15 is 0 Å². The van der Waals surface area contributed by atoms with Crippen LogP contribution in [0.3, 0.4) is 0 Å². The van der Waals surface area contributed by atoms with Crippen LogP contribution in [0.25, 0.3) is 0 Å². The maximum Gasteiger partial charge on any atom is 0.221 e. The highest BCUT2D eigenvalue weighted by Crippen LogP contribution is 2.41. The van der Waals surface area contributed by atoms with E-state index in [0.29, 0.717) is 5.11 Å². The van der Waals surface area contributed by atoms with Crippen LogP contribution in [0.4, 0.5) is 11.4 Å². The molecule has 1 saturated heterocycles. The summed E-state index contributed by atoms with van der Waals surface area (Å²) in [6.45, 7) is 1.50. The monoisotopic (exact) mass is 391 g/mol. The molecule has 28 heavy (non-hydrogen) atoms. The van der Waals surface area contributed by atoms with Crippen molar-refractivity contribution < 1.29 is 4.79 Å². The van der Waals surface area contributed by atoms with Gasteiger partial charge in [-0.25, -0.2) is 0 Å². The summed E-state index contributed by atoms with van der Waals surface area (Å²) in [6, 6.07) is 15.6. The number of benzene rings is 1. The van der Waals surface area contributed by atoms with Crippen LogP contribution < -0.4 is 15.5 Å². The molecule has 0 aliphatic carbocycles. The van der Waals surface area contributed by atoms with Crippen molar-refractivity contribution in [2.45, 2.75) is 19.0 Å². The molecule has 3 aromatic rings. The first-order chi connectivity index (χ1) is 13.5. The van der Waals surface area contributed by atoms with E-state index in [4.69, 9.17) is 12.2 Å². The number of thiocarbonyl (C=S) groups is 1. The van der Waals surface area contributed by atoms with Crippen molar-refractivity contribution in [3.63, 3.8) is 0 Å². The van der Waals surface area contributed by atoms with E-state index in [2.05, 4.69) is 32.8 Å². The minimum absolute atomic E-state index is 0.0322. The van der Waals surface area contributed by atoms with Crippen LogP contribution in [0.5, 0.6) is 0 Å². The van der Waals surface area contributed by atoms with Gasteiger partial charge in [0.05, 0.1) is 17.8 Å². The molecule has 1 fully saturated rings. The van der Waals surface area contributed by atoms with Crippen molar-refractivity contribution in [1.82, 2.24) is 14.9 Å². The molecule has 1 aromatic carbocycles. The highest BCUT2D eigenvalue weighted by molar-refractivity contribution is 7.80. The molecule has 0 unspecified atom stereocenters. The quantitative estimate of drug-likeness (QED) is 0.666. The van der Waals surface area contributed by atoms with Crippen LogP contribution in [0.2, 0.25) is 0 Å². The molecular formula is C21H21N5OS. The third kappa shape index (κ3) is 3.48. The predicted molar refractivity (Wildman–Crippen MR) is 114 cm³/mol. The van der Waals surface area contributed by atoms with E-state index in [1.165, 1.54) is 6.92 Å². The fraction of sp³-hybridized carbons (Fsp3) is 0.190. The number of anilines is 2. The van der Waals surface area contributed by atoms with Crippen molar-refractivity contribution in [1.29, 1.82) is 0 Å². The number of hydrogen-bond acceptors (Lipinski definition) is 3. The first-order valence-corrected chi connectivity index (χ1v) is 9.44. The minimum atomic E-state index is -0.0940. The van der Waals surface area contributed by atoms with Gasteiger partial charge in [-0.1, -0.05) is 6.07 Å². The second-order valence-corrected chi connectivity index (χ2v) is 7.22. The first kappa shape index (κ1) is 18.2. The summed E-state index contributed by atoms with van der Waals surface area (Å²) < 4.78 is 2.03. The Labute approximate surface area is 169 Å². The summed E-state index contributed by atoms with van der Waals surface area (Å²) in [7, 11) is 2.01. The van der Waals surface area contributed by atoms with Crippen LogP contribution in [-0.4, -0.2) is 20.6 Å². The minimum Gasteiger partial charge on any atom is -0.357 e. The molecule has 0 radical (unpaired) electrons. The van der Waals surface area contributed by atoms with E-state index in [0.717, 1.165) is 22.6 Å². The number of nitrogens with one attached hydrogen (secondary N) is 2. The van der Waals surface area contributed by atoms with Gasteiger partial charge in [0, 0.05) is 43.9 Å². The Morgan fingerprint density at radius 3 is 2.57 bits per heavy atom. The maximum absolute atomic E-state index is 11.3. The topological polar surface area (TPSA) is 62.2 Å². The Hall–Kier alpha value is -3.19. The van der Waals surface area contributed by atoms with Crippen molar-refractivity contribution in [3.8, 4) is 0 Å². The number of nitrogens with zero attached hydrogens (tertiary/aromatic N) is 3. The molecule has 0 bridgehead atoms. The number of carbonyl (C=O) groups excluding carboxylic acids is 1. The van der Waals surface area contributed by atoms with Gasteiger partial charge in [-0.05, 0) is 60.2 Å². The number of hydrogen-bond donors (Lipinski definition) is 2. The zero-order valence-corrected chi connectivity index (χ0v) is 16.5. The molecule has 0 spiro atoms. The summed E-state index contributed by atoms with van der Waals surface area (Å²) >= 11 is 5.70. The molecular weight excluding hydrogens is 370 g/mol. The van der Waals surface area contributed by atoms with E-state index < -0.39 is 0 Å². The Kier molecular flexibility index (Phi) is 4.83. The third-order valence-corrected chi connectivity index (χ3v) is 5.07. The molecule has 6 nitrogen and oxygen atoms in total. The van der Waals surface area contributed by atoms with Gasteiger partial charge in [0.25, 0.3) is 0 Å². The normalized spacial score (nSPS) is 18.8. The van der Waals surface area contributed by atoms with Crippen molar-refractivity contribution in [3.05, 3.63) is 78.4 Å². The van der Waals surface area contributed by atoms with E-state index in [-0.39, 0.29) is 18.0 Å². The lowest BCUT2D eigenvalue weighted by molar-refractivity contribution is -0.114. The lowest BCUT2D eigenvalue weighted by Gasteiger charge is -2.27. The average molecular weight is 392 g/mol. The SMILES string of the molecule is CC(=O)Nc1ccc(N2C(=S)N[C@H](c3ccccn3)[C@H]2c2ccn(C)c2)cc1. The second-order valence-electron chi connectivity index (χ2n) is 6.83. The molecule has 2 N–H and O–H groups in total. The van der Waals surface area contributed by atoms with Gasteiger partial charge in [0.15, 0.2) is 5.11 Å². The largest absolute Gasteiger partial charge is 0.357 e. The van der Waals surface area contributed by atoms with Crippen LogP contribution in [-0.2, 0) is 11.8 Å². The molecule has 1 aliphatic heterocycles. The Balaban J connectivity index is 1.74. The summed E-state index contributed by atoms with van der Waals surface area (Å²) in [4.78, 5) is 17.9. The highest BCUT2D eigenvalue weighted by Gasteiger charge is 2.40. The Bertz CT molecular complexity index is 999. The van der Waals surface area contributed by atoms with E-state index in [9.17, 15) is 4.79 Å². The number of amides is 1. The van der Waals surface area contributed by atoms with Crippen molar-refractivity contribution in [2.75, 3.05) is 10.2 Å². The van der Waals surface area contributed by atoms with Gasteiger partial charge >= 0.3 is 0 Å². The maximum atomic E-state index is 11.3. The van der Waals surface area contributed by atoms with Gasteiger partial charge in [0.2, 0.25) is 5.91 Å². The van der Waals surface area contributed by atoms with Gasteiger partial charge in [-0.15, -0.1) is 0 Å². The molecule has 2 atom stereocenters.